The highest BCUT2D eigenvalue weighted by molar-refractivity contribution is 6.58. The Labute approximate surface area is 218 Å². The number of fused-ring (bicyclic) bond motifs is 2. The fourth-order valence-electron chi connectivity index (χ4n) is 5.09. The third kappa shape index (κ3) is 5.35. The molecule has 0 saturated heterocycles. The van der Waals surface area contributed by atoms with Gasteiger partial charge in [0, 0.05) is 50.3 Å². The summed E-state index contributed by atoms with van der Waals surface area (Å²) in [6.45, 7) is 3.41. The summed E-state index contributed by atoms with van der Waals surface area (Å²) in [5.74, 6) is 0. The van der Waals surface area contributed by atoms with Crippen LogP contribution < -0.4 is 4.90 Å². The van der Waals surface area contributed by atoms with Gasteiger partial charge in [0.25, 0.3) is 0 Å². The Bertz CT molecular complexity index is 1270. The molecule has 2 aromatic rings. The molecule has 0 radical (unpaired) electrons. The van der Waals surface area contributed by atoms with E-state index in [4.69, 9.17) is 14.2 Å². The highest BCUT2D eigenvalue weighted by atomic mass is 19.2. The number of halogens is 2. The topological polar surface area (TPSA) is 38.9 Å². The molecule has 2 aliphatic heterocycles. The fourth-order valence-corrected chi connectivity index (χ4v) is 5.09. The Morgan fingerprint density at radius 3 is 2.32 bits per heavy atom. The molecule has 0 unspecified atom stereocenters. The van der Waals surface area contributed by atoms with Crippen LogP contribution in [0.2, 0.25) is 0 Å². The van der Waals surface area contributed by atoms with Crippen LogP contribution in [0, 0.1) is 13.8 Å². The molecule has 2 aliphatic rings. The Morgan fingerprint density at radius 1 is 0.973 bits per heavy atom. The summed E-state index contributed by atoms with van der Waals surface area (Å²) in [5.41, 5.74) is 6.48. The van der Waals surface area contributed by atoms with E-state index in [1.165, 1.54) is 8.96 Å². The normalized spacial score (nSPS) is 16.5. The second-order valence-corrected chi connectivity index (χ2v) is 9.70. The number of nitrogens with zero attached hydrogens (tertiary/aromatic N) is 3. The standard InChI is InChI=1S/C28H36BF2N3O3/c1-20-17-22(3)33-27(20)26(19-37-16-15-36-14-13-35-6)28-21(2)18-25(34(28)29(33,30)31)12-9-23-7-10-24(11-8-23)32(4)5/h7-12,17-18H,13-16,19H2,1-6H3/b12-9+. The molecular formula is C28H36BF2N3O3. The molecule has 3 heterocycles. The van der Waals surface area contributed by atoms with Gasteiger partial charge in [-0.25, -0.2) is 0 Å². The average molecular weight is 511 g/mol. The van der Waals surface area contributed by atoms with Crippen molar-refractivity contribution in [3.63, 3.8) is 0 Å². The minimum absolute atomic E-state index is 0.212. The Hall–Kier alpha value is -3.01. The maximum atomic E-state index is 16.2. The maximum absolute atomic E-state index is 16.2. The first-order chi connectivity index (χ1) is 17.7. The SMILES string of the molecule is COCCOCCOCC1=C2C(C)=CC(/C=C/c3ccc(N(C)C)cc3)=[N+]2[B-](F)(F)n2c(C)cc(C)c21. The number of methoxy groups -OCH3 is 1. The lowest BCUT2D eigenvalue weighted by atomic mass is 9.86. The van der Waals surface area contributed by atoms with Gasteiger partial charge in [-0.3, -0.25) is 0 Å². The van der Waals surface area contributed by atoms with E-state index in [0.29, 0.717) is 49.2 Å². The molecular weight excluding hydrogens is 475 g/mol. The third-order valence-corrected chi connectivity index (χ3v) is 6.78. The van der Waals surface area contributed by atoms with E-state index in [1.807, 2.05) is 75.3 Å². The van der Waals surface area contributed by atoms with Gasteiger partial charge in [0.15, 0.2) is 11.4 Å². The van der Waals surface area contributed by atoms with E-state index in [9.17, 15) is 0 Å². The third-order valence-electron chi connectivity index (χ3n) is 6.78. The predicted octanol–water partition coefficient (Wildman–Crippen LogP) is 4.92. The largest absolute Gasteiger partial charge is 0.737 e. The Balaban J connectivity index is 1.69. The molecule has 0 saturated carbocycles. The van der Waals surface area contributed by atoms with Gasteiger partial charge in [-0.15, -0.1) is 0 Å². The molecule has 6 nitrogen and oxygen atoms in total. The van der Waals surface area contributed by atoms with Crippen LogP contribution in [0.1, 0.15) is 29.4 Å². The molecule has 1 aromatic heterocycles. The van der Waals surface area contributed by atoms with E-state index in [2.05, 4.69) is 0 Å². The van der Waals surface area contributed by atoms with Crippen molar-refractivity contribution in [2.75, 3.05) is 59.1 Å². The van der Waals surface area contributed by atoms with Crippen LogP contribution >= 0.6 is 0 Å². The van der Waals surface area contributed by atoms with Crippen LogP contribution in [0.4, 0.5) is 14.3 Å². The van der Waals surface area contributed by atoms with Crippen LogP contribution in [0.25, 0.3) is 11.6 Å². The maximum Gasteiger partial charge on any atom is 0.737 e. The van der Waals surface area contributed by atoms with Crippen molar-refractivity contribution in [1.82, 2.24) is 4.48 Å². The second-order valence-electron chi connectivity index (χ2n) is 9.70. The molecule has 198 valence electrons. The van der Waals surface area contributed by atoms with Crippen molar-refractivity contribution in [2.45, 2.75) is 20.8 Å². The number of hydrogen-bond acceptors (Lipinski definition) is 4. The zero-order valence-electron chi connectivity index (χ0n) is 22.6. The smallest absolute Gasteiger partial charge is 0.393 e. The molecule has 0 fully saturated rings. The molecule has 0 bridgehead atoms. The lowest BCUT2D eigenvalue weighted by Crippen LogP contribution is -2.51. The Kier molecular flexibility index (Phi) is 8.16. The lowest BCUT2D eigenvalue weighted by Gasteiger charge is -2.33. The summed E-state index contributed by atoms with van der Waals surface area (Å²) in [6.07, 6.45) is 5.49. The summed E-state index contributed by atoms with van der Waals surface area (Å²) < 4.78 is 51.2. The van der Waals surface area contributed by atoms with Crippen LogP contribution in [0.15, 0.2) is 53.8 Å². The first-order valence-electron chi connectivity index (χ1n) is 12.6. The number of aromatic nitrogens is 1. The van der Waals surface area contributed by atoms with Gasteiger partial charge in [-0.2, -0.15) is 0 Å². The quantitative estimate of drug-likeness (QED) is 0.317. The van der Waals surface area contributed by atoms with Gasteiger partial charge < -0.3 is 36.7 Å². The van der Waals surface area contributed by atoms with Crippen molar-refractivity contribution in [3.8, 4) is 0 Å². The first-order valence-corrected chi connectivity index (χ1v) is 12.6. The molecule has 0 spiro atoms. The molecule has 37 heavy (non-hydrogen) atoms. The second kappa shape index (κ2) is 11.2. The molecule has 0 amide bonds. The number of allylic oxidation sites excluding steroid dienone is 3. The molecule has 4 rings (SSSR count). The number of anilines is 1. The van der Waals surface area contributed by atoms with Crippen LogP contribution in [-0.4, -0.2) is 75.9 Å². The number of ether oxygens (including phenoxy) is 3. The number of hydrogen-bond donors (Lipinski definition) is 0. The molecule has 0 atom stereocenters. The zero-order chi connectivity index (χ0) is 26.7. The van der Waals surface area contributed by atoms with Crippen molar-refractivity contribution in [2.24, 2.45) is 0 Å². The monoisotopic (exact) mass is 511 g/mol. The lowest BCUT2D eigenvalue weighted by molar-refractivity contribution is -0.362. The van der Waals surface area contributed by atoms with Gasteiger partial charge in [0.2, 0.25) is 0 Å². The molecule has 0 N–H and O–H groups in total. The minimum atomic E-state index is -4.09. The summed E-state index contributed by atoms with van der Waals surface area (Å²) in [6, 6.07) is 9.82. The number of benzene rings is 1. The molecule has 0 aliphatic carbocycles. The highest BCUT2D eigenvalue weighted by Gasteiger charge is 2.55. The Morgan fingerprint density at radius 2 is 1.65 bits per heavy atom. The van der Waals surface area contributed by atoms with Crippen molar-refractivity contribution >= 4 is 30.0 Å². The van der Waals surface area contributed by atoms with Crippen molar-refractivity contribution < 1.29 is 27.3 Å². The summed E-state index contributed by atoms with van der Waals surface area (Å²) in [5, 5.41) is 0. The number of aryl methyl sites for hydroxylation is 2. The van der Waals surface area contributed by atoms with E-state index in [0.717, 1.165) is 28.0 Å². The van der Waals surface area contributed by atoms with Gasteiger partial charge in [0.1, 0.15) is 0 Å². The summed E-state index contributed by atoms with van der Waals surface area (Å²) in [7, 11) is 5.59. The average Bonchev–Trinajstić information content (AvgIpc) is 3.36. The van der Waals surface area contributed by atoms with Crippen LogP contribution in [-0.2, 0) is 14.2 Å². The van der Waals surface area contributed by atoms with Crippen LogP contribution in [0.5, 0.6) is 0 Å². The van der Waals surface area contributed by atoms with E-state index in [-0.39, 0.29) is 6.61 Å². The summed E-state index contributed by atoms with van der Waals surface area (Å²) >= 11 is 0. The van der Waals surface area contributed by atoms with E-state index in [1.54, 1.807) is 20.1 Å². The summed E-state index contributed by atoms with van der Waals surface area (Å²) in [4.78, 5) is 2.02. The highest BCUT2D eigenvalue weighted by Crippen LogP contribution is 2.41. The first kappa shape index (κ1) is 27.0. The molecule has 1 aromatic carbocycles. The van der Waals surface area contributed by atoms with Gasteiger partial charge in [0.05, 0.1) is 38.6 Å². The van der Waals surface area contributed by atoms with E-state index < -0.39 is 6.97 Å². The number of rotatable bonds is 11. The van der Waals surface area contributed by atoms with Crippen LogP contribution in [0.3, 0.4) is 0 Å². The van der Waals surface area contributed by atoms with Crippen molar-refractivity contribution in [1.29, 1.82) is 0 Å². The molecule has 9 heteroatoms. The van der Waals surface area contributed by atoms with Crippen molar-refractivity contribution in [3.05, 3.63) is 76.3 Å². The minimum Gasteiger partial charge on any atom is -0.393 e. The van der Waals surface area contributed by atoms with Gasteiger partial charge in [-0.1, -0.05) is 12.1 Å². The van der Waals surface area contributed by atoms with Gasteiger partial charge >= 0.3 is 6.97 Å². The zero-order valence-corrected chi connectivity index (χ0v) is 22.6. The fraction of sp³-hybridized carbons (Fsp3) is 0.393. The van der Waals surface area contributed by atoms with E-state index >= 15 is 8.63 Å². The predicted molar refractivity (Wildman–Crippen MR) is 147 cm³/mol. The van der Waals surface area contributed by atoms with Gasteiger partial charge in [-0.05, 0) is 61.9 Å².